The molecule has 24 heavy (non-hydrogen) atoms. The molecule has 7 heteroatoms. The molecule has 0 unspecified atom stereocenters. The average molecular weight is 337 g/mol. The maximum Gasteiger partial charge on any atom is 0.423 e. The summed E-state index contributed by atoms with van der Waals surface area (Å²) in [7, 11) is 0. The fraction of sp³-hybridized carbons (Fsp3) is 0.412. The molecule has 1 fully saturated rings. The lowest BCUT2D eigenvalue weighted by Crippen LogP contribution is -2.17. The van der Waals surface area contributed by atoms with Crippen LogP contribution in [0.25, 0.3) is 0 Å². The van der Waals surface area contributed by atoms with Crippen LogP contribution >= 0.6 is 0 Å². The molecule has 2 aromatic rings. The van der Waals surface area contributed by atoms with Crippen molar-refractivity contribution >= 4 is 11.6 Å². The number of aromatic nitrogens is 2. The Bertz CT molecular complexity index is 695. The van der Waals surface area contributed by atoms with Crippen LogP contribution in [0.2, 0.25) is 0 Å². The summed E-state index contributed by atoms with van der Waals surface area (Å²) in [5.41, 5.74) is 0.843. The molecule has 1 N–H and O–H groups in total. The van der Waals surface area contributed by atoms with E-state index in [2.05, 4.69) is 15.3 Å². The number of ether oxygens (including phenoxy) is 1. The summed E-state index contributed by atoms with van der Waals surface area (Å²) in [5.74, 6) is -0.320. The predicted molar refractivity (Wildman–Crippen MR) is 84.4 cm³/mol. The Hall–Kier alpha value is -2.31. The van der Waals surface area contributed by atoms with Crippen molar-refractivity contribution < 1.29 is 17.9 Å². The van der Waals surface area contributed by atoms with Gasteiger partial charge in [-0.1, -0.05) is 17.7 Å². The number of anilines is 2. The highest BCUT2D eigenvalue weighted by molar-refractivity contribution is 5.54. The first kappa shape index (κ1) is 16.5. The van der Waals surface area contributed by atoms with E-state index in [9.17, 15) is 13.2 Å². The Morgan fingerprint density at radius 3 is 2.42 bits per heavy atom. The van der Waals surface area contributed by atoms with Crippen LogP contribution in [0.15, 0.2) is 30.5 Å². The van der Waals surface area contributed by atoms with Gasteiger partial charge in [-0.25, -0.2) is 4.98 Å². The SMILES string of the molecule is Cc1ccc(Nc2ncc(C(F)(F)F)c(OC3CCCC3)n2)cc1. The smallest absolute Gasteiger partial charge is 0.423 e. The van der Waals surface area contributed by atoms with E-state index < -0.39 is 17.6 Å². The Labute approximate surface area is 138 Å². The fourth-order valence-electron chi connectivity index (χ4n) is 2.64. The maximum absolute atomic E-state index is 13.1. The van der Waals surface area contributed by atoms with Crippen molar-refractivity contribution in [3.63, 3.8) is 0 Å². The lowest BCUT2D eigenvalue weighted by Gasteiger charge is -2.17. The number of benzene rings is 1. The number of nitrogens with zero attached hydrogens (tertiary/aromatic N) is 2. The Kier molecular flexibility index (Phi) is 4.59. The predicted octanol–water partition coefficient (Wildman–Crippen LogP) is 4.87. The third kappa shape index (κ3) is 3.96. The first-order chi connectivity index (χ1) is 11.4. The molecule has 1 heterocycles. The normalized spacial score (nSPS) is 15.5. The van der Waals surface area contributed by atoms with E-state index in [-0.39, 0.29) is 12.1 Å². The number of rotatable bonds is 4. The quantitative estimate of drug-likeness (QED) is 0.865. The second-order valence-electron chi connectivity index (χ2n) is 5.93. The van der Waals surface area contributed by atoms with Crippen LogP contribution in [-0.2, 0) is 6.18 Å². The van der Waals surface area contributed by atoms with Crippen LogP contribution < -0.4 is 10.1 Å². The third-order valence-electron chi connectivity index (χ3n) is 3.95. The molecule has 1 aromatic carbocycles. The van der Waals surface area contributed by atoms with Crippen molar-refractivity contribution in [1.82, 2.24) is 9.97 Å². The molecule has 1 aliphatic rings. The molecule has 128 valence electrons. The molecule has 0 bridgehead atoms. The van der Waals surface area contributed by atoms with Gasteiger partial charge in [-0.3, -0.25) is 0 Å². The number of aryl methyl sites for hydroxylation is 1. The molecular formula is C17H18F3N3O. The van der Waals surface area contributed by atoms with Crippen LogP contribution in [-0.4, -0.2) is 16.1 Å². The van der Waals surface area contributed by atoms with Crippen LogP contribution in [0.4, 0.5) is 24.8 Å². The lowest BCUT2D eigenvalue weighted by atomic mass is 10.2. The summed E-state index contributed by atoms with van der Waals surface area (Å²) >= 11 is 0. The number of hydrogen-bond acceptors (Lipinski definition) is 4. The third-order valence-corrected chi connectivity index (χ3v) is 3.95. The Morgan fingerprint density at radius 2 is 1.79 bits per heavy atom. The van der Waals surface area contributed by atoms with E-state index in [0.29, 0.717) is 5.69 Å². The molecule has 3 rings (SSSR count). The fourth-order valence-corrected chi connectivity index (χ4v) is 2.64. The van der Waals surface area contributed by atoms with E-state index in [1.165, 1.54) is 0 Å². The summed E-state index contributed by atoms with van der Waals surface area (Å²) in [6.07, 6.45) is -0.557. The highest BCUT2D eigenvalue weighted by atomic mass is 19.4. The first-order valence-corrected chi connectivity index (χ1v) is 7.86. The lowest BCUT2D eigenvalue weighted by molar-refractivity contribution is -0.139. The van der Waals surface area contributed by atoms with E-state index in [1.54, 1.807) is 0 Å². The van der Waals surface area contributed by atoms with Gasteiger partial charge in [0.1, 0.15) is 11.7 Å². The summed E-state index contributed by atoms with van der Waals surface area (Å²) in [5, 5.41) is 2.91. The van der Waals surface area contributed by atoms with Gasteiger partial charge in [0.25, 0.3) is 0 Å². The minimum absolute atomic E-state index is 0.0832. The zero-order valence-electron chi connectivity index (χ0n) is 13.2. The van der Waals surface area contributed by atoms with Gasteiger partial charge in [-0.05, 0) is 44.7 Å². The van der Waals surface area contributed by atoms with Crippen LogP contribution in [0.3, 0.4) is 0 Å². The summed E-state index contributed by atoms with van der Waals surface area (Å²) in [6, 6.07) is 7.41. The average Bonchev–Trinajstić information content (AvgIpc) is 3.02. The Morgan fingerprint density at radius 1 is 1.12 bits per heavy atom. The topological polar surface area (TPSA) is 47.0 Å². The number of alkyl halides is 3. The van der Waals surface area contributed by atoms with Gasteiger partial charge in [-0.15, -0.1) is 0 Å². The van der Waals surface area contributed by atoms with Crippen molar-refractivity contribution in [3.05, 3.63) is 41.6 Å². The molecule has 0 spiro atoms. The monoisotopic (exact) mass is 337 g/mol. The number of nitrogens with one attached hydrogen (secondary N) is 1. The highest BCUT2D eigenvalue weighted by Crippen LogP contribution is 2.37. The number of halogens is 3. The highest BCUT2D eigenvalue weighted by Gasteiger charge is 2.37. The molecule has 4 nitrogen and oxygen atoms in total. The van der Waals surface area contributed by atoms with E-state index in [1.807, 2.05) is 31.2 Å². The zero-order chi connectivity index (χ0) is 17.2. The second kappa shape index (κ2) is 6.67. The standard InChI is InChI=1S/C17H18F3N3O/c1-11-6-8-12(9-7-11)22-16-21-10-14(17(18,19)20)15(23-16)24-13-4-2-3-5-13/h6-10,13H,2-5H2,1H3,(H,21,22,23). The van der Waals surface area contributed by atoms with Gasteiger partial charge in [-0.2, -0.15) is 18.2 Å². The van der Waals surface area contributed by atoms with Gasteiger partial charge < -0.3 is 10.1 Å². The van der Waals surface area contributed by atoms with Crippen molar-refractivity contribution in [2.75, 3.05) is 5.32 Å². The summed E-state index contributed by atoms with van der Waals surface area (Å²) in [6.45, 7) is 1.95. The zero-order valence-corrected chi connectivity index (χ0v) is 13.2. The van der Waals surface area contributed by atoms with Gasteiger partial charge >= 0.3 is 6.18 Å². The minimum Gasteiger partial charge on any atom is -0.474 e. The molecule has 0 aliphatic heterocycles. The van der Waals surface area contributed by atoms with Gasteiger partial charge in [0.15, 0.2) is 0 Å². The van der Waals surface area contributed by atoms with Gasteiger partial charge in [0.2, 0.25) is 11.8 Å². The van der Waals surface area contributed by atoms with Crippen LogP contribution in [0.5, 0.6) is 5.88 Å². The van der Waals surface area contributed by atoms with Gasteiger partial charge in [0.05, 0.1) is 0 Å². The molecular weight excluding hydrogens is 319 g/mol. The summed E-state index contributed by atoms with van der Waals surface area (Å²) in [4.78, 5) is 7.73. The largest absolute Gasteiger partial charge is 0.474 e. The van der Waals surface area contributed by atoms with Gasteiger partial charge in [0, 0.05) is 11.9 Å². The maximum atomic E-state index is 13.1. The molecule has 0 atom stereocenters. The molecule has 0 saturated heterocycles. The molecule has 0 amide bonds. The molecule has 1 aliphatic carbocycles. The number of hydrogen-bond donors (Lipinski definition) is 1. The molecule has 0 radical (unpaired) electrons. The van der Waals surface area contributed by atoms with Crippen molar-refractivity contribution in [2.45, 2.75) is 44.9 Å². The van der Waals surface area contributed by atoms with Crippen molar-refractivity contribution in [1.29, 1.82) is 0 Å². The van der Waals surface area contributed by atoms with Crippen molar-refractivity contribution in [2.24, 2.45) is 0 Å². The van der Waals surface area contributed by atoms with Crippen LogP contribution in [0.1, 0.15) is 36.8 Å². The second-order valence-corrected chi connectivity index (χ2v) is 5.93. The van der Waals surface area contributed by atoms with E-state index in [4.69, 9.17) is 4.74 Å². The van der Waals surface area contributed by atoms with E-state index >= 15 is 0 Å². The Balaban J connectivity index is 1.86. The first-order valence-electron chi connectivity index (χ1n) is 7.86. The molecule has 1 aromatic heterocycles. The minimum atomic E-state index is -4.55. The van der Waals surface area contributed by atoms with E-state index in [0.717, 1.165) is 37.4 Å². The van der Waals surface area contributed by atoms with Crippen molar-refractivity contribution in [3.8, 4) is 5.88 Å². The summed E-state index contributed by atoms with van der Waals surface area (Å²) < 4.78 is 45.0. The molecule has 1 saturated carbocycles. The van der Waals surface area contributed by atoms with Crippen LogP contribution in [0, 0.1) is 6.92 Å².